The van der Waals surface area contributed by atoms with Gasteiger partial charge < -0.3 is 4.74 Å². The summed E-state index contributed by atoms with van der Waals surface area (Å²) in [5, 5.41) is 0. The Bertz CT molecular complexity index is 147. The molecule has 1 nitrogen and oxygen atoms in total. The summed E-state index contributed by atoms with van der Waals surface area (Å²) in [6, 6.07) is 0. The first kappa shape index (κ1) is 6.40. The Balaban J connectivity index is 2.48. The molecule has 0 aromatic carbocycles. The van der Waals surface area contributed by atoms with Gasteiger partial charge >= 0.3 is 0 Å². The van der Waals surface area contributed by atoms with Gasteiger partial charge in [-0.05, 0) is 18.9 Å². The second-order valence-corrected chi connectivity index (χ2v) is 2.53. The van der Waals surface area contributed by atoms with Crippen LogP contribution in [-0.2, 0) is 4.74 Å². The fourth-order valence-corrected chi connectivity index (χ4v) is 0.958. The molecule has 0 bridgehead atoms. The molecule has 0 saturated carbocycles. The summed E-state index contributed by atoms with van der Waals surface area (Å²) in [6.07, 6.45) is 2.31. The van der Waals surface area contributed by atoms with E-state index < -0.39 is 0 Å². The van der Waals surface area contributed by atoms with Gasteiger partial charge in [0.1, 0.15) is 6.10 Å². The number of hydrogen-bond acceptors (Lipinski definition) is 1. The average Bonchev–Trinajstić information content (AvgIpc) is 2.14. The highest BCUT2D eigenvalue weighted by Crippen LogP contribution is 2.25. The van der Waals surface area contributed by atoms with E-state index in [1.165, 1.54) is 0 Å². The summed E-state index contributed by atoms with van der Waals surface area (Å²) >= 11 is 0. The highest BCUT2D eigenvalue weighted by molar-refractivity contribution is 5.05. The topological polar surface area (TPSA) is 9.23 Å². The third-order valence-corrected chi connectivity index (χ3v) is 1.54. The molecular formula is C8H12O. The third kappa shape index (κ3) is 1.35. The van der Waals surface area contributed by atoms with Crippen LogP contribution in [-0.4, -0.2) is 6.10 Å². The van der Waals surface area contributed by atoms with Crippen molar-refractivity contribution in [1.29, 1.82) is 0 Å². The quantitative estimate of drug-likeness (QED) is 0.487. The van der Waals surface area contributed by atoms with Gasteiger partial charge in [-0.25, -0.2) is 0 Å². The molecular weight excluding hydrogens is 112 g/mol. The van der Waals surface area contributed by atoms with Crippen LogP contribution in [0.5, 0.6) is 0 Å². The van der Waals surface area contributed by atoms with Crippen LogP contribution in [0.1, 0.15) is 19.8 Å². The lowest BCUT2D eigenvalue weighted by Crippen LogP contribution is -2.03. The summed E-state index contributed by atoms with van der Waals surface area (Å²) in [5.41, 5.74) is 1.11. The largest absolute Gasteiger partial charge is 0.491 e. The molecule has 1 fully saturated rings. The zero-order chi connectivity index (χ0) is 6.85. The molecule has 0 radical (unpaired) electrons. The van der Waals surface area contributed by atoms with Crippen LogP contribution in [0.15, 0.2) is 24.5 Å². The molecule has 1 rings (SSSR count). The number of rotatable bonds is 1. The van der Waals surface area contributed by atoms with Crippen LogP contribution in [0.4, 0.5) is 0 Å². The van der Waals surface area contributed by atoms with Crippen molar-refractivity contribution in [2.75, 3.05) is 0 Å². The van der Waals surface area contributed by atoms with Crippen LogP contribution in [0.3, 0.4) is 0 Å². The van der Waals surface area contributed by atoms with Crippen LogP contribution in [0, 0.1) is 0 Å². The second-order valence-electron chi connectivity index (χ2n) is 2.53. The Kier molecular flexibility index (Phi) is 1.60. The molecule has 1 heterocycles. The summed E-state index contributed by atoms with van der Waals surface area (Å²) in [5.74, 6) is 0.906. The lowest BCUT2D eigenvalue weighted by Gasteiger charge is -2.08. The van der Waals surface area contributed by atoms with Crippen molar-refractivity contribution in [1.82, 2.24) is 0 Å². The summed E-state index contributed by atoms with van der Waals surface area (Å²) in [4.78, 5) is 0. The van der Waals surface area contributed by atoms with Gasteiger partial charge in [-0.1, -0.05) is 13.2 Å². The molecule has 0 aliphatic carbocycles. The number of allylic oxidation sites excluding steroid dienone is 1. The fourth-order valence-electron chi connectivity index (χ4n) is 0.958. The molecule has 1 saturated heterocycles. The molecule has 1 aliphatic heterocycles. The molecule has 0 aromatic heterocycles. The van der Waals surface area contributed by atoms with Crippen molar-refractivity contribution < 1.29 is 4.74 Å². The highest BCUT2D eigenvalue weighted by atomic mass is 16.5. The molecule has 0 N–H and O–H groups in total. The minimum atomic E-state index is 0.248. The maximum Gasteiger partial charge on any atom is 0.119 e. The Labute approximate surface area is 56.0 Å². The normalized spacial score (nSPS) is 25.9. The first-order valence-corrected chi connectivity index (χ1v) is 3.20. The number of ether oxygens (including phenoxy) is 1. The molecule has 1 unspecified atom stereocenters. The minimum absolute atomic E-state index is 0.248. The van der Waals surface area contributed by atoms with E-state index in [0.717, 1.165) is 24.2 Å². The predicted octanol–water partition coefficient (Wildman–Crippen LogP) is 2.26. The van der Waals surface area contributed by atoms with E-state index in [1.807, 2.05) is 6.92 Å². The van der Waals surface area contributed by atoms with Crippen LogP contribution >= 0.6 is 0 Å². The summed E-state index contributed by atoms with van der Waals surface area (Å²) < 4.78 is 5.33. The van der Waals surface area contributed by atoms with Gasteiger partial charge in [-0.2, -0.15) is 0 Å². The van der Waals surface area contributed by atoms with E-state index in [2.05, 4.69) is 13.2 Å². The maximum atomic E-state index is 5.33. The molecule has 1 aliphatic rings. The maximum absolute atomic E-state index is 5.33. The monoisotopic (exact) mass is 124 g/mol. The van der Waals surface area contributed by atoms with E-state index in [-0.39, 0.29) is 6.10 Å². The van der Waals surface area contributed by atoms with E-state index in [4.69, 9.17) is 4.74 Å². The van der Waals surface area contributed by atoms with Gasteiger partial charge in [0.2, 0.25) is 0 Å². The molecule has 0 amide bonds. The van der Waals surface area contributed by atoms with Gasteiger partial charge in [-0.15, -0.1) is 0 Å². The van der Waals surface area contributed by atoms with E-state index >= 15 is 0 Å². The summed E-state index contributed by atoms with van der Waals surface area (Å²) in [7, 11) is 0. The minimum Gasteiger partial charge on any atom is -0.491 e. The van der Waals surface area contributed by atoms with Crippen molar-refractivity contribution in [3.63, 3.8) is 0 Å². The van der Waals surface area contributed by atoms with Crippen molar-refractivity contribution in [3.8, 4) is 0 Å². The highest BCUT2D eigenvalue weighted by Gasteiger charge is 2.18. The molecule has 1 atom stereocenters. The van der Waals surface area contributed by atoms with Crippen molar-refractivity contribution in [2.24, 2.45) is 0 Å². The fraction of sp³-hybridized carbons (Fsp3) is 0.500. The summed E-state index contributed by atoms with van der Waals surface area (Å²) in [6.45, 7) is 9.52. The van der Waals surface area contributed by atoms with E-state index in [9.17, 15) is 0 Å². The van der Waals surface area contributed by atoms with Crippen molar-refractivity contribution >= 4 is 0 Å². The first-order valence-electron chi connectivity index (χ1n) is 3.20. The van der Waals surface area contributed by atoms with Gasteiger partial charge in [0.05, 0.1) is 5.76 Å². The number of hydrogen-bond donors (Lipinski definition) is 0. The Morgan fingerprint density at radius 1 is 1.78 bits per heavy atom. The lowest BCUT2D eigenvalue weighted by atomic mass is 10.1. The van der Waals surface area contributed by atoms with Gasteiger partial charge in [0.25, 0.3) is 0 Å². The standard InChI is InChI=1S/C8H12O/c1-6(2)8-5-4-7(3)9-8/h8H,1,3-5H2,2H3. The van der Waals surface area contributed by atoms with Crippen molar-refractivity contribution in [2.45, 2.75) is 25.9 Å². The zero-order valence-electron chi connectivity index (χ0n) is 5.81. The van der Waals surface area contributed by atoms with Crippen LogP contribution in [0.2, 0.25) is 0 Å². The molecule has 1 heteroatoms. The Morgan fingerprint density at radius 3 is 2.67 bits per heavy atom. The van der Waals surface area contributed by atoms with Crippen molar-refractivity contribution in [3.05, 3.63) is 24.5 Å². The van der Waals surface area contributed by atoms with E-state index in [0.29, 0.717) is 0 Å². The first-order chi connectivity index (χ1) is 4.20. The molecule has 0 aromatic rings. The van der Waals surface area contributed by atoms with Gasteiger partial charge in [-0.3, -0.25) is 0 Å². The molecule has 0 spiro atoms. The average molecular weight is 124 g/mol. The van der Waals surface area contributed by atoms with Crippen LogP contribution < -0.4 is 0 Å². The Hall–Kier alpha value is -0.720. The third-order valence-electron chi connectivity index (χ3n) is 1.54. The molecule has 9 heavy (non-hydrogen) atoms. The predicted molar refractivity (Wildman–Crippen MR) is 38.1 cm³/mol. The molecule has 50 valence electrons. The Morgan fingerprint density at radius 2 is 2.44 bits per heavy atom. The van der Waals surface area contributed by atoms with Crippen LogP contribution in [0.25, 0.3) is 0 Å². The van der Waals surface area contributed by atoms with Gasteiger partial charge in [0, 0.05) is 6.42 Å². The zero-order valence-corrected chi connectivity index (χ0v) is 5.81. The smallest absolute Gasteiger partial charge is 0.119 e. The SMILES string of the molecule is C=C1CCC(C(=C)C)O1. The van der Waals surface area contributed by atoms with E-state index in [1.54, 1.807) is 0 Å². The lowest BCUT2D eigenvalue weighted by molar-refractivity contribution is 0.193. The second kappa shape index (κ2) is 2.26. The van der Waals surface area contributed by atoms with Gasteiger partial charge in [0.15, 0.2) is 0 Å².